The van der Waals surface area contributed by atoms with Gasteiger partial charge in [-0.1, -0.05) is 37.3 Å². The van der Waals surface area contributed by atoms with Crippen LogP contribution in [0.4, 0.5) is 0 Å². The Morgan fingerprint density at radius 3 is 2.65 bits per heavy atom. The van der Waals surface area contributed by atoms with Gasteiger partial charge >= 0.3 is 5.97 Å². The van der Waals surface area contributed by atoms with Crippen molar-refractivity contribution in [3.05, 3.63) is 54.1 Å². The van der Waals surface area contributed by atoms with Gasteiger partial charge in [-0.05, 0) is 12.1 Å². The second kappa shape index (κ2) is 11.9. The summed E-state index contributed by atoms with van der Waals surface area (Å²) in [5.41, 5.74) is 2.01. The zero-order valence-corrected chi connectivity index (χ0v) is 14.7. The number of rotatable bonds is 8. The predicted octanol–water partition coefficient (Wildman–Crippen LogP) is 2.56. The van der Waals surface area contributed by atoms with Crippen LogP contribution in [0.2, 0.25) is 0 Å². The number of hydrogen-bond acceptors (Lipinski definition) is 4. The Balaban J connectivity index is 0.00000242. The Morgan fingerprint density at radius 2 is 2.04 bits per heavy atom. The average molecular weight is 360 g/mol. The molecule has 1 aromatic carbocycles. The molecular formula is C16H23Cl2N3O2. The minimum absolute atomic E-state index is 0. The van der Waals surface area contributed by atoms with Crippen LogP contribution in [0.15, 0.2) is 42.9 Å². The lowest BCUT2D eigenvalue weighted by molar-refractivity contribution is -0.146. The number of likely N-dealkylation sites (N-methyl/N-ethyl adjacent to an activating group) is 1. The number of nitrogens with zero attached hydrogens (tertiary/aromatic N) is 1. The van der Waals surface area contributed by atoms with Gasteiger partial charge in [0.05, 0.1) is 18.6 Å². The number of H-pyrrole nitrogens is 1. The van der Waals surface area contributed by atoms with Gasteiger partial charge in [0.25, 0.3) is 0 Å². The SMILES string of the molecule is CCN[C@@H](Cc1c[nH]cn1)C(=O)OCCc1ccccc1.Cl.Cl. The number of esters is 1. The van der Waals surface area contributed by atoms with E-state index in [9.17, 15) is 4.79 Å². The Kier molecular flexibility index (Phi) is 11.1. The monoisotopic (exact) mass is 359 g/mol. The molecule has 0 aliphatic rings. The minimum Gasteiger partial charge on any atom is -0.464 e. The number of imidazole rings is 1. The molecule has 0 radical (unpaired) electrons. The fraction of sp³-hybridized carbons (Fsp3) is 0.375. The molecule has 2 aromatic rings. The van der Waals surface area contributed by atoms with E-state index in [0.717, 1.165) is 17.7 Å². The average Bonchev–Trinajstić information content (AvgIpc) is 3.01. The van der Waals surface area contributed by atoms with Crippen molar-refractivity contribution in [2.45, 2.75) is 25.8 Å². The first-order valence-electron chi connectivity index (χ1n) is 7.21. The van der Waals surface area contributed by atoms with Gasteiger partial charge in [0, 0.05) is 19.0 Å². The molecule has 7 heteroatoms. The molecule has 23 heavy (non-hydrogen) atoms. The molecule has 1 atom stereocenters. The number of hydrogen-bond donors (Lipinski definition) is 2. The maximum Gasteiger partial charge on any atom is 0.323 e. The lowest BCUT2D eigenvalue weighted by Crippen LogP contribution is -2.40. The van der Waals surface area contributed by atoms with Gasteiger partial charge in [0.2, 0.25) is 0 Å². The largest absolute Gasteiger partial charge is 0.464 e. The van der Waals surface area contributed by atoms with Crippen molar-refractivity contribution in [1.29, 1.82) is 0 Å². The van der Waals surface area contributed by atoms with E-state index in [1.54, 1.807) is 12.5 Å². The van der Waals surface area contributed by atoms with Crippen molar-refractivity contribution in [2.75, 3.05) is 13.2 Å². The molecule has 0 fully saturated rings. The first-order valence-corrected chi connectivity index (χ1v) is 7.21. The fourth-order valence-electron chi connectivity index (χ4n) is 2.11. The quantitative estimate of drug-likeness (QED) is 0.710. The molecule has 1 heterocycles. The summed E-state index contributed by atoms with van der Waals surface area (Å²) in [7, 11) is 0. The van der Waals surface area contributed by atoms with Gasteiger partial charge in [-0.15, -0.1) is 24.8 Å². The molecule has 0 bridgehead atoms. The number of ether oxygens (including phenoxy) is 1. The van der Waals surface area contributed by atoms with Crippen molar-refractivity contribution < 1.29 is 9.53 Å². The number of carbonyl (C=O) groups is 1. The molecule has 0 aliphatic carbocycles. The van der Waals surface area contributed by atoms with Crippen molar-refractivity contribution in [2.24, 2.45) is 0 Å². The van der Waals surface area contributed by atoms with Crippen LogP contribution in [-0.4, -0.2) is 35.1 Å². The maximum absolute atomic E-state index is 12.1. The first kappa shape index (κ1) is 21.4. The lowest BCUT2D eigenvalue weighted by atomic mass is 10.1. The molecule has 0 unspecified atom stereocenters. The number of benzene rings is 1. The Hall–Kier alpha value is -1.56. The standard InChI is InChI=1S/C16H21N3O2.2ClH/c1-2-18-15(10-14-11-17-12-19-14)16(20)21-9-8-13-6-4-3-5-7-13;;/h3-7,11-12,15,18H,2,8-10H2,1H3,(H,17,19);2*1H/t15-;;/m0../s1. The van der Waals surface area contributed by atoms with E-state index in [4.69, 9.17) is 4.74 Å². The third-order valence-corrected chi connectivity index (χ3v) is 3.18. The summed E-state index contributed by atoms with van der Waals surface area (Å²) in [6.07, 6.45) is 4.66. The second-order valence-electron chi connectivity index (χ2n) is 4.78. The molecule has 0 spiro atoms. The van der Waals surface area contributed by atoms with Crippen LogP contribution in [0, 0.1) is 0 Å². The predicted molar refractivity (Wildman–Crippen MR) is 95.4 cm³/mol. The number of carbonyl (C=O) groups excluding carboxylic acids is 1. The third kappa shape index (κ3) is 7.50. The highest BCUT2D eigenvalue weighted by Crippen LogP contribution is 2.03. The third-order valence-electron chi connectivity index (χ3n) is 3.18. The first-order chi connectivity index (χ1) is 10.3. The molecule has 1 aromatic heterocycles. The summed E-state index contributed by atoms with van der Waals surface area (Å²) in [6.45, 7) is 3.07. The van der Waals surface area contributed by atoms with Gasteiger partial charge in [0.15, 0.2) is 0 Å². The molecular weight excluding hydrogens is 337 g/mol. The minimum atomic E-state index is -0.353. The number of aromatic amines is 1. The fourth-order valence-corrected chi connectivity index (χ4v) is 2.11. The van der Waals surface area contributed by atoms with Crippen molar-refractivity contribution in [1.82, 2.24) is 15.3 Å². The van der Waals surface area contributed by atoms with E-state index in [-0.39, 0.29) is 36.8 Å². The normalized spacial score (nSPS) is 11.0. The highest BCUT2D eigenvalue weighted by Gasteiger charge is 2.20. The molecule has 5 nitrogen and oxygen atoms in total. The van der Waals surface area contributed by atoms with Gasteiger partial charge < -0.3 is 15.0 Å². The summed E-state index contributed by atoms with van der Waals surface area (Å²) >= 11 is 0. The molecule has 0 saturated carbocycles. The molecule has 0 amide bonds. The summed E-state index contributed by atoms with van der Waals surface area (Å²) < 4.78 is 5.37. The van der Waals surface area contributed by atoms with Gasteiger partial charge in [-0.3, -0.25) is 4.79 Å². The smallest absolute Gasteiger partial charge is 0.323 e. The summed E-state index contributed by atoms with van der Waals surface area (Å²) in [5.74, 6) is -0.226. The zero-order valence-electron chi connectivity index (χ0n) is 13.0. The van der Waals surface area contributed by atoms with Crippen molar-refractivity contribution in [3.8, 4) is 0 Å². The van der Waals surface area contributed by atoms with E-state index in [1.165, 1.54) is 0 Å². The van der Waals surface area contributed by atoms with Gasteiger partial charge in [-0.25, -0.2) is 4.98 Å². The van der Waals surface area contributed by atoms with E-state index >= 15 is 0 Å². The summed E-state index contributed by atoms with van der Waals surface area (Å²) in [6, 6.07) is 9.64. The van der Waals surface area contributed by atoms with E-state index in [0.29, 0.717) is 19.6 Å². The highest BCUT2D eigenvalue weighted by molar-refractivity contribution is 5.85. The van der Waals surface area contributed by atoms with Gasteiger partial charge in [0.1, 0.15) is 6.04 Å². The van der Waals surface area contributed by atoms with E-state index in [1.807, 2.05) is 37.3 Å². The molecule has 2 rings (SSSR count). The van der Waals surface area contributed by atoms with Crippen molar-refractivity contribution in [3.63, 3.8) is 0 Å². The molecule has 2 N–H and O–H groups in total. The molecule has 0 saturated heterocycles. The van der Waals surface area contributed by atoms with E-state index < -0.39 is 0 Å². The van der Waals surface area contributed by atoms with Crippen LogP contribution < -0.4 is 5.32 Å². The van der Waals surface area contributed by atoms with Crippen LogP contribution >= 0.6 is 24.8 Å². The van der Waals surface area contributed by atoms with Crippen LogP contribution in [0.1, 0.15) is 18.2 Å². The lowest BCUT2D eigenvalue weighted by Gasteiger charge is -2.15. The molecule has 128 valence electrons. The summed E-state index contributed by atoms with van der Waals surface area (Å²) in [5, 5.41) is 3.14. The molecule has 0 aliphatic heterocycles. The number of nitrogens with one attached hydrogen (secondary N) is 2. The maximum atomic E-state index is 12.1. The van der Waals surface area contributed by atoms with Crippen LogP contribution in [-0.2, 0) is 22.4 Å². The van der Waals surface area contributed by atoms with Crippen LogP contribution in [0.5, 0.6) is 0 Å². The zero-order chi connectivity index (χ0) is 14.9. The van der Waals surface area contributed by atoms with E-state index in [2.05, 4.69) is 15.3 Å². The van der Waals surface area contributed by atoms with Crippen LogP contribution in [0.25, 0.3) is 0 Å². The Bertz CT molecular complexity index is 536. The summed E-state index contributed by atoms with van der Waals surface area (Å²) in [4.78, 5) is 19.2. The second-order valence-corrected chi connectivity index (χ2v) is 4.78. The highest BCUT2D eigenvalue weighted by atomic mass is 35.5. The number of halogens is 2. The number of aromatic nitrogens is 2. The van der Waals surface area contributed by atoms with Crippen LogP contribution in [0.3, 0.4) is 0 Å². The topological polar surface area (TPSA) is 67.0 Å². The van der Waals surface area contributed by atoms with Gasteiger partial charge in [-0.2, -0.15) is 0 Å². The van der Waals surface area contributed by atoms with Crippen molar-refractivity contribution >= 4 is 30.8 Å². The Labute approximate surface area is 149 Å². The Morgan fingerprint density at radius 1 is 1.30 bits per heavy atom.